The van der Waals surface area contributed by atoms with Crippen LogP contribution in [0.1, 0.15) is 186 Å². The second kappa shape index (κ2) is 48.1. The number of carbonyl (C=O) groups is 9. The highest BCUT2D eigenvalue weighted by atomic mass is 35.5. The maximum absolute atomic E-state index is 17.4. The van der Waals surface area contributed by atoms with Gasteiger partial charge in [-0.1, -0.05) is 99.5 Å². The van der Waals surface area contributed by atoms with E-state index in [4.69, 9.17) is 70.8 Å². The van der Waals surface area contributed by atoms with Crippen LogP contribution in [-0.4, -0.2) is 288 Å². The average Bonchev–Trinajstić information content (AvgIpc) is 1.47. The number of amides is 8. The first-order chi connectivity index (χ1) is 69.9. The lowest BCUT2D eigenvalue weighted by Crippen LogP contribution is -2.65. The number of unbranched alkanes of at least 4 members (excludes halogenated alkanes) is 4. The van der Waals surface area contributed by atoms with Crippen LogP contribution >= 0.6 is 31.1 Å². The van der Waals surface area contributed by atoms with Gasteiger partial charge in [0.25, 0.3) is 0 Å². The number of phenolic OH excluding ortho intramolecular Hbond substituents is 3. The molecule has 42 nitrogen and oxygen atoms in total. The summed E-state index contributed by atoms with van der Waals surface area (Å²) in [6.07, 6.45) is -9.96. The van der Waals surface area contributed by atoms with Crippen LogP contribution in [0.5, 0.6) is 69.0 Å². The van der Waals surface area contributed by atoms with Gasteiger partial charge in [-0.25, -0.2) is 0 Å². The van der Waals surface area contributed by atoms with E-state index >= 15 is 33.6 Å². The van der Waals surface area contributed by atoms with Gasteiger partial charge in [0.15, 0.2) is 23.0 Å². The van der Waals surface area contributed by atoms with E-state index in [1.807, 2.05) is 4.90 Å². The molecule has 0 aromatic heterocycles. The molecule has 11 aliphatic rings. The molecule has 8 amide bonds. The number of nitrogens with zero attached hydrogens (tertiary/aromatic N) is 4. The fourth-order valence-corrected chi connectivity index (χ4v) is 24.3. The van der Waals surface area contributed by atoms with Crippen molar-refractivity contribution in [3.63, 3.8) is 0 Å². The quantitative estimate of drug-likeness (QED) is 0.0248. The van der Waals surface area contributed by atoms with Crippen LogP contribution in [0.2, 0.25) is 10.0 Å². The number of aliphatic carboxylic acids is 1. The minimum atomic E-state index is -3.20. The Morgan fingerprint density at radius 3 is 1.76 bits per heavy atom. The molecule has 5 fully saturated rings. The van der Waals surface area contributed by atoms with Gasteiger partial charge in [0.2, 0.25) is 71.3 Å². The van der Waals surface area contributed by atoms with E-state index in [9.17, 15) is 61.0 Å². The van der Waals surface area contributed by atoms with Gasteiger partial charge >= 0.3 is 7.94 Å². The molecule has 5 saturated heterocycles. The summed E-state index contributed by atoms with van der Waals surface area (Å²) >= 11 is 15.5. The van der Waals surface area contributed by atoms with Crippen molar-refractivity contribution in [3.8, 4) is 80.1 Å². The number of benzene rings is 7. The van der Waals surface area contributed by atoms with E-state index in [2.05, 4.69) is 75.7 Å². The lowest BCUT2D eigenvalue weighted by molar-refractivity contribution is -0.302. The lowest BCUT2D eigenvalue weighted by atomic mass is 9.89. The number of carboxylic acid groups (broad SMARTS) is 1. The summed E-state index contributed by atoms with van der Waals surface area (Å²) in [5.41, 5.74) is -2.02. The molecule has 0 saturated carbocycles. The van der Waals surface area contributed by atoms with Crippen LogP contribution in [0.25, 0.3) is 11.1 Å². The lowest BCUT2D eigenvalue weighted by Gasteiger charge is -2.42. The number of aromatic hydroxyl groups is 3. The van der Waals surface area contributed by atoms with Gasteiger partial charge in [-0.15, -0.1) is 14.0 Å². The molecule has 45 heteroatoms. The normalized spacial score (nSPS) is 26.2. The summed E-state index contributed by atoms with van der Waals surface area (Å²) in [4.78, 5) is 140. The summed E-state index contributed by atoms with van der Waals surface area (Å²) in [6.45, 7) is 7.45. The molecule has 7 aromatic carbocycles. The Balaban J connectivity index is 0.00000393. The van der Waals surface area contributed by atoms with E-state index in [-0.39, 0.29) is 75.4 Å². The zero-order valence-electron chi connectivity index (χ0n) is 81.4. The number of hydrogen-bond donors (Lipinski definition) is 20. The Hall–Kier alpha value is -11.6. The van der Waals surface area contributed by atoms with Crippen molar-refractivity contribution in [2.24, 2.45) is 5.92 Å². The molecule has 17 bridgehead atoms. The third-order valence-electron chi connectivity index (χ3n) is 27.1. The number of aliphatic hydroxyl groups excluding tert-OH is 8. The third kappa shape index (κ3) is 24.7. The van der Waals surface area contributed by atoms with Crippen LogP contribution in [0.15, 0.2) is 115 Å². The van der Waals surface area contributed by atoms with Crippen LogP contribution in [0.4, 0.5) is 0 Å². The Morgan fingerprint density at radius 1 is 0.548 bits per heavy atom. The third-order valence-corrected chi connectivity index (χ3v) is 31.6. The maximum atomic E-state index is 17.4. The smallest absolute Gasteiger partial charge is 0.417 e. The van der Waals surface area contributed by atoms with Gasteiger partial charge in [0.05, 0.1) is 23.3 Å². The topological polar surface area (TPSA) is 594 Å². The predicted molar refractivity (Wildman–Crippen MR) is 526 cm³/mol. The van der Waals surface area contributed by atoms with Crippen molar-refractivity contribution in [2.45, 2.75) is 227 Å². The summed E-state index contributed by atoms with van der Waals surface area (Å²) < 4.78 is 61.1. The van der Waals surface area contributed by atoms with Gasteiger partial charge in [0, 0.05) is 93.4 Å². The van der Waals surface area contributed by atoms with Crippen LogP contribution in [0.3, 0.4) is 0 Å². The maximum Gasteiger partial charge on any atom is 0.417 e. The molecule has 11 heterocycles. The Kier molecular flexibility index (Phi) is 35.8. The number of carboxylic acids is 1. The molecule has 0 spiro atoms. The minimum Gasteiger partial charge on any atom is -0.550 e. The number of phenols is 3. The number of halogens is 2. The summed E-state index contributed by atoms with van der Waals surface area (Å²) in [5.74, 6) is -14.4. The number of fused-ring (bicyclic) bond motifs is 14. The van der Waals surface area contributed by atoms with E-state index in [0.717, 1.165) is 114 Å². The molecular weight excluding hydrogens is 1960 g/mol. The molecule has 18 atom stereocenters. The largest absolute Gasteiger partial charge is 0.550 e. The molecule has 146 heavy (non-hydrogen) atoms. The van der Waals surface area contributed by atoms with Gasteiger partial charge in [0.1, 0.15) is 132 Å². The first kappa shape index (κ1) is 109. The molecule has 11 aliphatic heterocycles. The van der Waals surface area contributed by atoms with E-state index in [0.29, 0.717) is 76.6 Å². The summed E-state index contributed by atoms with van der Waals surface area (Å²) in [5, 5.41) is 162. The van der Waals surface area contributed by atoms with Gasteiger partial charge in [-0.2, -0.15) is 0 Å². The highest BCUT2D eigenvalue weighted by Gasteiger charge is 2.63. The second-order valence-corrected chi connectivity index (χ2v) is 42.1. The van der Waals surface area contributed by atoms with Crippen LogP contribution in [-0.2, 0) is 59.0 Å². The second-order valence-electron chi connectivity index (χ2n) is 38.4. The summed E-state index contributed by atoms with van der Waals surface area (Å²) in [7, 11) is 1.87. The fraction of sp³-hybridized carbons (Fsp3) is 0.495. The molecule has 18 rings (SSSR count). The highest BCUT2D eigenvalue weighted by Crippen LogP contribution is 2.71. The first-order valence-electron chi connectivity index (χ1n) is 49.1. The number of ether oxygens (including phenoxy) is 7. The number of carbonyl (C=O) groups excluding carboxylic acids is 9. The van der Waals surface area contributed by atoms with Crippen molar-refractivity contribution < 1.29 is 142 Å². The molecule has 20 N–H and O–H groups in total. The van der Waals surface area contributed by atoms with Gasteiger partial charge in [-0.05, 0) is 198 Å². The van der Waals surface area contributed by atoms with E-state index in [1.54, 1.807) is 26.2 Å². The SMILES string of the molecule is CC(=O)[O-].CN[C@H]1C(=O)N[C@@H]2Cc3ccc(cc3)Oc3cc4cc(c3O[C@@H]3O[C@H](CO)[C@@H](O)[C@H](O)[C@H]3NC(=O)CCCCCCCC(C)C)Oc3ccc(cc3Cl)[C@@H](O)[C@@H]3NC(=O)[C@H](NC(=O)[C@@H]4NC(=O)[C@@H](NC2=O)c2cc(cc(O[P+](N4CCCC4)(N4CCCC4)N4CCCC4)c2Cl)Oc2cc1ccc2O)c1ccc(O)c(c1)-c1c(O[C@H]2O[C@H](CO)[C@@H](O)[C@H](O)[C@@H]2O)cc(O)cc1[C@H](C(=O)NCCCN(C)C)NC3=O. The zero-order valence-corrected chi connectivity index (χ0v) is 83.8. The van der Waals surface area contributed by atoms with Gasteiger partial charge < -0.3 is 152 Å². The number of likely N-dealkylation sites (N-methyl/N-ethyl adjacent to an activating group) is 1. The van der Waals surface area contributed by atoms with E-state index in [1.165, 1.54) is 67.7 Å². The molecular formula is C101H126Cl2N13O29P. The molecule has 0 aliphatic carbocycles. The number of rotatable bonds is 26. The Labute approximate surface area is 852 Å². The Morgan fingerprint density at radius 2 is 1.12 bits per heavy atom. The minimum absolute atomic E-state index is 0.0595. The van der Waals surface area contributed by atoms with Crippen molar-refractivity contribution in [1.29, 1.82) is 0 Å². The van der Waals surface area contributed by atoms with Crippen LogP contribution < -0.4 is 81.2 Å². The predicted octanol–water partition coefficient (Wildman–Crippen LogP) is 5.08. The van der Waals surface area contributed by atoms with Crippen molar-refractivity contribution in [2.75, 3.05) is 86.7 Å². The number of aliphatic hydroxyl groups is 8. The Bertz CT molecular complexity index is 5850. The highest BCUT2D eigenvalue weighted by molar-refractivity contribution is 7.64. The van der Waals surface area contributed by atoms with Crippen molar-refractivity contribution in [3.05, 3.63) is 164 Å². The van der Waals surface area contributed by atoms with Crippen molar-refractivity contribution >= 4 is 84.4 Å². The van der Waals surface area contributed by atoms with Gasteiger partial charge in [-0.3, -0.25) is 42.9 Å². The molecule has 7 aromatic rings. The van der Waals surface area contributed by atoms with Crippen LogP contribution in [0, 0.1) is 5.92 Å². The zero-order chi connectivity index (χ0) is 104. The molecule has 0 radical (unpaired) electrons. The average molecular weight is 2090 g/mol. The first-order valence-corrected chi connectivity index (χ1v) is 51.4. The monoisotopic (exact) mass is 2090 g/mol. The number of hydrogen-bond acceptors (Lipinski definition) is 34. The van der Waals surface area contributed by atoms with Crippen molar-refractivity contribution in [1.82, 2.24) is 66.8 Å². The molecule has 0 unspecified atom stereocenters. The van der Waals surface area contributed by atoms with E-state index < -0.39 is 252 Å². The molecule has 788 valence electrons. The number of nitrogens with one attached hydrogen (secondary N) is 9. The standard InChI is InChI=1S/C99H122Cl2N13O27P.C2H4O2/c1-50(2)18-9-7-6-8-10-19-74(120)105-83-87(124)85(122)72(48-115)138-98(83)140-90-70-42-55-43-71(90)136-66-29-24-54(40-62(66)100)84(121)82-97(133)109-80(92(128)103-30-17-31-111(4)5)60-44-56(117)45-68(137-99-89(126)88(125)86(123)73(49-116)139-99)75(60)59-39-52(22-27-64(59)118)78(94(130)110-82)106-95(131)79(55)107-96(132)81-61-46-58(47-69(76(61)101)141-142(112-32-11-12-33-112,113-34-13-14-35-113)114-36-15-16-37-114)135-67-41-53(23-28-65(67)119)77(102-3)93(129)104-63(91(127)108-81)38-51-20-25-57(134-70)26-21-51;1-2(3)4/h20-29,39-47,50,63,72-73,77-89,98-99,102,115-116,121-126H,6-19,30-38,48-49H2,1-5H3,(H10-,103,104,105,106,107,108,109,110,117,118,119,120,127,128,129,130,131,132,133);1H3,(H,3,4)/t63-,72-,73-,77-,78-,79-,80-,81+,82+,83-,84-,85-,86-,87-,88+,89+,98+,99+;/m1./s1. The summed E-state index contributed by atoms with van der Waals surface area (Å²) in [6, 6.07) is 8.31. The fourth-order valence-electron chi connectivity index (χ4n) is 19.5.